The Balaban J connectivity index is 1.64. The van der Waals surface area contributed by atoms with Gasteiger partial charge in [0, 0.05) is 12.8 Å². The molecule has 0 aromatic heterocycles. The molecule has 3 fully saturated rings. The standard InChI is InChI=1S/C20H24O8/c1-12(13-15(21)25-19(26-16(13)22)8-4-2-5-9-19)14-17(23)27-20(28-18(14)24)10-6-3-7-11-20/h21H,2-11H2,1H3/p-1. The van der Waals surface area contributed by atoms with Crippen LogP contribution in [0, 0.1) is 0 Å². The highest BCUT2D eigenvalue weighted by Crippen LogP contribution is 2.41. The van der Waals surface area contributed by atoms with Crippen LogP contribution in [-0.4, -0.2) is 29.5 Å². The molecule has 4 rings (SSSR count). The van der Waals surface area contributed by atoms with E-state index in [1.807, 2.05) is 0 Å². The lowest BCUT2D eigenvalue weighted by Gasteiger charge is -2.46. The summed E-state index contributed by atoms with van der Waals surface area (Å²) in [5, 5.41) is 12.6. The Morgan fingerprint density at radius 3 is 1.61 bits per heavy atom. The van der Waals surface area contributed by atoms with Gasteiger partial charge in [-0.1, -0.05) is 12.8 Å². The molecule has 2 aliphatic heterocycles. The lowest BCUT2D eigenvalue weighted by Crippen LogP contribution is -2.49. The van der Waals surface area contributed by atoms with Crippen LogP contribution < -0.4 is 5.11 Å². The summed E-state index contributed by atoms with van der Waals surface area (Å²) in [6.07, 6.45) is 6.90. The Labute approximate surface area is 162 Å². The van der Waals surface area contributed by atoms with Crippen LogP contribution >= 0.6 is 0 Å². The molecule has 0 atom stereocenters. The van der Waals surface area contributed by atoms with Crippen molar-refractivity contribution in [2.24, 2.45) is 0 Å². The highest BCUT2D eigenvalue weighted by molar-refractivity contribution is 6.18. The van der Waals surface area contributed by atoms with Crippen molar-refractivity contribution >= 4 is 17.9 Å². The maximum Gasteiger partial charge on any atom is 0.349 e. The summed E-state index contributed by atoms with van der Waals surface area (Å²) in [6, 6.07) is 0. The van der Waals surface area contributed by atoms with E-state index in [0.717, 1.165) is 38.5 Å². The van der Waals surface area contributed by atoms with E-state index in [1.54, 1.807) is 0 Å². The van der Waals surface area contributed by atoms with Crippen LogP contribution in [0.4, 0.5) is 0 Å². The number of carbonyl (C=O) groups is 3. The lowest BCUT2D eigenvalue weighted by molar-refractivity contribution is -0.401. The highest BCUT2D eigenvalue weighted by atomic mass is 16.8. The number of hydrogen-bond acceptors (Lipinski definition) is 8. The second kappa shape index (κ2) is 6.83. The van der Waals surface area contributed by atoms with Gasteiger partial charge in [-0.15, -0.1) is 0 Å². The predicted molar refractivity (Wildman–Crippen MR) is 90.7 cm³/mol. The van der Waals surface area contributed by atoms with Crippen molar-refractivity contribution in [2.75, 3.05) is 0 Å². The molecule has 0 aromatic rings. The quantitative estimate of drug-likeness (QED) is 0.378. The second-order valence-corrected chi connectivity index (χ2v) is 7.88. The van der Waals surface area contributed by atoms with Gasteiger partial charge in [-0.3, -0.25) is 0 Å². The predicted octanol–water partition coefficient (Wildman–Crippen LogP) is 1.87. The Morgan fingerprint density at radius 2 is 1.14 bits per heavy atom. The van der Waals surface area contributed by atoms with Gasteiger partial charge in [0.25, 0.3) is 5.79 Å². The Kier molecular flexibility index (Phi) is 4.59. The highest BCUT2D eigenvalue weighted by Gasteiger charge is 2.48. The third-order valence-corrected chi connectivity index (χ3v) is 5.91. The number of esters is 3. The topological polar surface area (TPSA) is 111 Å². The van der Waals surface area contributed by atoms with Gasteiger partial charge in [-0.2, -0.15) is 0 Å². The molecule has 28 heavy (non-hydrogen) atoms. The van der Waals surface area contributed by atoms with Crippen LogP contribution in [0.3, 0.4) is 0 Å². The van der Waals surface area contributed by atoms with Gasteiger partial charge >= 0.3 is 17.9 Å². The Bertz CT molecular complexity index is 756. The molecule has 2 spiro atoms. The molecule has 0 bridgehead atoms. The molecule has 8 heteroatoms. The second-order valence-electron chi connectivity index (χ2n) is 7.88. The summed E-state index contributed by atoms with van der Waals surface area (Å²) in [6.45, 7) is 1.33. The molecule has 2 saturated carbocycles. The largest absolute Gasteiger partial charge is 0.574 e. The third kappa shape index (κ3) is 3.14. The average Bonchev–Trinajstić information content (AvgIpc) is 2.61. The smallest absolute Gasteiger partial charge is 0.349 e. The first-order valence-electron chi connectivity index (χ1n) is 9.86. The summed E-state index contributed by atoms with van der Waals surface area (Å²) in [5.41, 5.74) is -1.05. The van der Waals surface area contributed by atoms with Crippen molar-refractivity contribution in [3.63, 3.8) is 0 Å². The van der Waals surface area contributed by atoms with Crippen LogP contribution in [0.5, 0.6) is 0 Å². The first kappa shape index (κ1) is 18.8. The van der Waals surface area contributed by atoms with Gasteiger partial charge in [0.1, 0.15) is 5.57 Å². The van der Waals surface area contributed by atoms with Crippen molar-refractivity contribution in [2.45, 2.75) is 82.7 Å². The Morgan fingerprint density at radius 1 is 0.714 bits per heavy atom. The average molecular weight is 391 g/mol. The van der Waals surface area contributed by atoms with Crippen molar-refractivity contribution in [3.05, 3.63) is 22.7 Å². The fourth-order valence-electron chi connectivity index (χ4n) is 4.41. The Hall–Kier alpha value is -2.51. The molecule has 0 N–H and O–H groups in total. The van der Waals surface area contributed by atoms with Gasteiger partial charge in [-0.05, 0) is 51.0 Å². The molecule has 0 aromatic carbocycles. The van der Waals surface area contributed by atoms with Crippen LogP contribution in [0.15, 0.2) is 22.7 Å². The van der Waals surface area contributed by atoms with Crippen molar-refractivity contribution in [1.29, 1.82) is 0 Å². The van der Waals surface area contributed by atoms with Crippen molar-refractivity contribution in [3.8, 4) is 0 Å². The van der Waals surface area contributed by atoms with Crippen LogP contribution in [-0.2, 0) is 33.3 Å². The number of carbonyl (C=O) groups excluding carboxylic acids is 3. The first-order valence-corrected chi connectivity index (χ1v) is 9.86. The van der Waals surface area contributed by atoms with Gasteiger partial charge in [-0.25, -0.2) is 14.4 Å². The minimum atomic E-state index is -1.24. The molecule has 2 heterocycles. The molecule has 0 amide bonds. The molecule has 0 radical (unpaired) electrons. The van der Waals surface area contributed by atoms with Crippen molar-refractivity contribution < 1.29 is 38.4 Å². The van der Waals surface area contributed by atoms with E-state index >= 15 is 0 Å². The van der Waals surface area contributed by atoms with Crippen LogP contribution in [0.25, 0.3) is 0 Å². The number of rotatable bonds is 1. The zero-order valence-corrected chi connectivity index (χ0v) is 15.8. The van der Waals surface area contributed by atoms with Gasteiger partial charge in [0.2, 0.25) is 0 Å². The van der Waals surface area contributed by atoms with E-state index in [0.29, 0.717) is 25.7 Å². The summed E-state index contributed by atoms with van der Waals surface area (Å²) in [7, 11) is 0. The van der Waals surface area contributed by atoms with E-state index in [-0.39, 0.29) is 5.57 Å². The lowest BCUT2D eigenvalue weighted by atomic mass is 9.91. The summed E-state index contributed by atoms with van der Waals surface area (Å²) >= 11 is 0. The maximum atomic E-state index is 12.6. The zero-order chi connectivity index (χ0) is 19.9. The molecule has 4 aliphatic rings. The minimum Gasteiger partial charge on any atom is -0.574 e. The number of ether oxygens (including phenoxy) is 4. The number of hydrogen-bond donors (Lipinski definition) is 0. The summed E-state index contributed by atoms with van der Waals surface area (Å²) < 4.78 is 21.7. The molecule has 152 valence electrons. The normalized spacial score (nSPS) is 26.5. The van der Waals surface area contributed by atoms with E-state index < -0.39 is 46.6 Å². The monoisotopic (exact) mass is 391 g/mol. The fraction of sp³-hybridized carbons (Fsp3) is 0.650. The van der Waals surface area contributed by atoms with E-state index in [4.69, 9.17) is 18.9 Å². The van der Waals surface area contributed by atoms with Gasteiger partial charge in [0.05, 0.1) is 11.5 Å². The summed E-state index contributed by atoms with van der Waals surface area (Å²) in [5.74, 6) is -6.02. The molecule has 1 saturated heterocycles. The molecule has 2 aliphatic carbocycles. The summed E-state index contributed by atoms with van der Waals surface area (Å²) in [4.78, 5) is 37.7. The fourth-order valence-corrected chi connectivity index (χ4v) is 4.41. The molecule has 8 nitrogen and oxygen atoms in total. The molecule has 0 unspecified atom stereocenters. The molecular formula is C20H23O8-. The van der Waals surface area contributed by atoms with Crippen LogP contribution in [0.2, 0.25) is 0 Å². The van der Waals surface area contributed by atoms with Crippen molar-refractivity contribution in [1.82, 2.24) is 0 Å². The first-order chi connectivity index (χ1) is 13.3. The van der Waals surface area contributed by atoms with Crippen LogP contribution in [0.1, 0.15) is 71.1 Å². The SMILES string of the molecule is CC(C1=C([O-])OC2(CCCCC2)OC1=O)=C1C(=O)OC2(CCCCC2)OC1=O. The van der Waals surface area contributed by atoms with E-state index in [1.165, 1.54) is 6.92 Å². The zero-order valence-electron chi connectivity index (χ0n) is 15.8. The minimum absolute atomic E-state index is 0.138. The van der Waals surface area contributed by atoms with Gasteiger partial charge < -0.3 is 24.1 Å². The molecular weight excluding hydrogens is 368 g/mol. The maximum absolute atomic E-state index is 12.6. The van der Waals surface area contributed by atoms with E-state index in [2.05, 4.69) is 0 Å². The van der Waals surface area contributed by atoms with Gasteiger partial charge in [0.15, 0.2) is 5.79 Å². The third-order valence-electron chi connectivity index (χ3n) is 5.91. The van der Waals surface area contributed by atoms with E-state index in [9.17, 15) is 19.5 Å².